The zero-order valence-corrected chi connectivity index (χ0v) is 10.4. The van der Waals surface area contributed by atoms with E-state index in [2.05, 4.69) is 24.0 Å². The third-order valence-corrected chi connectivity index (χ3v) is 3.01. The summed E-state index contributed by atoms with van der Waals surface area (Å²) in [5.41, 5.74) is 8.48. The fourth-order valence-electron chi connectivity index (χ4n) is 1.54. The SMILES string of the molecule is CCC(C)c1noc(-c2ccc(N)c(C)c2)n1. The van der Waals surface area contributed by atoms with E-state index < -0.39 is 0 Å². The summed E-state index contributed by atoms with van der Waals surface area (Å²) in [6.45, 7) is 6.15. The van der Waals surface area contributed by atoms with Crippen LogP contribution in [-0.4, -0.2) is 10.1 Å². The Kier molecular flexibility index (Phi) is 3.13. The van der Waals surface area contributed by atoms with E-state index >= 15 is 0 Å². The van der Waals surface area contributed by atoms with Gasteiger partial charge in [-0.15, -0.1) is 0 Å². The number of nitrogens with zero attached hydrogens (tertiary/aromatic N) is 2. The first-order chi connectivity index (χ1) is 8.11. The minimum Gasteiger partial charge on any atom is -0.399 e. The molecule has 0 fully saturated rings. The van der Waals surface area contributed by atoms with E-state index in [1.165, 1.54) is 0 Å². The zero-order valence-electron chi connectivity index (χ0n) is 10.4. The minimum atomic E-state index is 0.322. The fraction of sp³-hybridized carbons (Fsp3) is 0.385. The maximum Gasteiger partial charge on any atom is 0.257 e. The van der Waals surface area contributed by atoms with Crippen LogP contribution in [-0.2, 0) is 0 Å². The van der Waals surface area contributed by atoms with Crippen LogP contribution in [0, 0.1) is 6.92 Å². The maximum absolute atomic E-state index is 5.78. The molecule has 2 rings (SSSR count). The Morgan fingerprint density at radius 3 is 2.82 bits per heavy atom. The molecule has 0 amide bonds. The molecule has 0 aliphatic rings. The van der Waals surface area contributed by atoms with E-state index in [0.717, 1.165) is 29.1 Å². The Morgan fingerprint density at radius 2 is 2.18 bits per heavy atom. The lowest BCUT2D eigenvalue weighted by Crippen LogP contribution is -1.93. The highest BCUT2D eigenvalue weighted by atomic mass is 16.5. The van der Waals surface area contributed by atoms with Gasteiger partial charge in [-0.3, -0.25) is 0 Å². The van der Waals surface area contributed by atoms with Crippen molar-refractivity contribution in [1.29, 1.82) is 0 Å². The second-order valence-corrected chi connectivity index (χ2v) is 4.34. The van der Waals surface area contributed by atoms with Crippen molar-refractivity contribution in [3.63, 3.8) is 0 Å². The van der Waals surface area contributed by atoms with E-state index in [-0.39, 0.29) is 0 Å². The second-order valence-electron chi connectivity index (χ2n) is 4.34. The molecule has 0 aliphatic heterocycles. The number of rotatable bonds is 3. The highest BCUT2D eigenvalue weighted by molar-refractivity contribution is 5.60. The molecule has 1 aromatic carbocycles. The van der Waals surface area contributed by atoms with Crippen molar-refractivity contribution in [2.24, 2.45) is 0 Å². The quantitative estimate of drug-likeness (QED) is 0.824. The van der Waals surface area contributed by atoms with Crippen molar-refractivity contribution < 1.29 is 4.52 Å². The summed E-state index contributed by atoms with van der Waals surface area (Å²) in [5, 5.41) is 4.00. The first-order valence-corrected chi connectivity index (χ1v) is 5.82. The van der Waals surface area contributed by atoms with Gasteiger partial charge in [-0.2, -0.15) is 4.98 Å². The third-order valence-electron chi connectivity index (χ3n) is 3.01. The normalized spacial score (nSPS) is 12.6. The number of nitrogen functional groups attached to an aromatic ring is 1. The van der Waals surface area contributed by atoms with Crippen molar-refractivity contribution in [1.82, 2.24) is 10.1 Å². The van der Waals surface area contributed by atoms with Crippen LogP contribution >= 0.6 is 0 Å². The lowest BCUT2D eigenvalue weighted by Gasteiger charge is -2.01. The Labute approximate surface area is 101 Å². The van der Waals surface area contributed by atoms with Gasteiger partial charge in [0.25, 0.3) is 5.89 Å². The summed E-state index contributed by atoms with van der Waals surface area (Å²) in [4.78, 5) is 4.40. The molecule has 1 heterocycles. The van der Waals surface area contributed by atoms with Gasteiger partial charge in [0.1, 0.15) is 0 Å². The summed E-state index contributed by atoms with van der Waals surface area (Å²) in [7, 11) is 0. The Balaban J connectivity index is 2.33. The summed E-state index contributed by atoms with van der Waals surface area (Å²) in [6, 6.07) is 5.72. The van der Waals surface area contributed by atoms with E-state index in [9.17, 15) is 0 Å². The van der Waals surface area contributed by atoms with Gasteiger partial charge in [-0.1, -0.05) is 19.0 Å². The van der Waals surface area contributed by atoms with E-state index in [4.69, 9.17) is 10.3 Å². The van der Waals surface area contributed by atoms with Gasteiger partial charge in [0.15, 0.2) is 5.82 Å². The van der Waals surface area contributed by atoms with Crippen LogP contribution in [0.1, 0.15) is 37.6 Å². The van der Waals surface area contributed by atoms with Crippen molar-refractivity contribution in [3.05, 3.63) is 29.6 Å². The molecular weight excluding hydrogens is 214 g/mol. The van der Waals surface area contributed by atoms with Crippen LogP contribution in [0.25, 0.3) is 11.5 Å². The van der Waals surface area contributed by atoms with Crippen molar-refractivity contribution >= 4 is 5.69 Å². The summed E-state index contributed by atoms with van der Waals surface area (Å²) >= 11 is 0. The molecule has 0 spiro atoms. The predicted octanol–water partition coefficient (Wildman–Crippen LogP) is 3.14. The lowest BCUT2D eigenvalue weighted by atomic mass is 10.1. The van der Waals surface area contributed by atoms with E-state index in [1.807, 2.05) is 25.1 Å². The van der Waals surface area contributed by atoms with Crippen LogP contribution in [0.2, 0.25) is 0 Å². The predicted molar refractivity (Wildman–Crippen MR) is 67.6 cm³/mol. The van der Waals surface area contributed by atoms with Gasteiger partial charge in [0.2, 0.25) is 0 Å². The molecule has 0 saturated carbocycles. The number of aryl methyl sites for hydroxylation is 1. The molecule has 0 saturated heterocycles. The van der Waals surface area contributed by atoms with Gasteiger partial charge in [0, 0.05) is 17.2 Å². The van der Waals surface area contributed by atoms with Crippen LogP contribution < -0.4 is 5.73 Å². The summed E-state index contributed by atoms with van der Waals surface area (Å²) < 4.78 is 5.27. The van der Waals surface area contributed by atoms with E-state index in [0.29, 0.717) is 11.8 Å². The van der Waals surface area contributed by atoms with Crippen molar-refractivity contribution in [2.45, 2.75) is 33.1 Å². The smallest absolute Gasteiger partial charge is 0.257 e. The average molecular weight is 231 g/mol. The molecule has 0 bridgehead atoms. The van der Waals surface area contributed by atoms with Crippen LogP contribution in [0.15, 0.2) is 22.7 Å². The number of anilines is 1. The standard InChI is InChI=1S/C13H17N3O/c1-4-8(2)12-15-13(17-16-12)10-5-6-11(14)9(3)7-10/h5-8H,4,14H2,1-3H3. The maximum atomic E-state index is 5.78. The highest BCUT2D eigenvalue weighted by Gasteiger charge is 2.13. The molecule has 2 aromatic rings. The van der Waals surface area contributed by atoms with Gasteiger partial charge >= 0.3 is 0 Å². The molecule has 1 aromatic heterocycles. The highest BCUT2D eigenvalue weighted by Crippen LogP contribution is 2.24. The summed E-state index contributed by atoms with van der Waals surface area (Å²) in [6.07, 6.45) is 1.000. The Morgan fingerprint density at radius 1 is 1.41 bits per heavy atom. The van der Waals surface area contributed by atoms with E-state index in [1.54, 1.807) is 0 Å². The lowest BCUT2D eigenvalue weighted by molar-refractivity contribution is 0.416. The zero-order chi connectivity index (χ0) is 12.4. The van der Waals surface area contributed by atoms with Crippen molar-refractivity contribution in [3.8, 4) is 11.5 Å². The number of hydrogen-bond acceptors (Lipinski definition) is 4. The molecule has 2 N–H and O–H groups in total. The number of benzene rings is 1. The Hall–Kier alpha value is -1.84. The second kappa shape index (κ2) is 4.57. The van der Waals surface area contributed by atoms with Crippen LogP contribution in [0.4, 0.5) is 5.69 Å². The third kappa shape index (κ3) is 2.30. The van der Waals surface area contributed by atoms with Crippen LogP contribution in [0.3, 0.4) is 0 Å². The minimum absolute atomic E-state index is 0.322. The largest absolute Gasteiger partial charge is 0.399 e. The van der Waals surface area contributed by atoms with Gasteiger partial charge in [0.05, 0.1) is 0 Å². The van der Waals surface area contributed by atoms with Gasteiger partial charge in [-0.25, -0.2) is 0 Å². The average Bonchev–Trinajstić information content (AvgIpc) is 2.81. The number of aromatic nitrogens is 2. The first kappa shape index (κ1) is 11.6. The topological polar surface area (TPSA) is 64.9 Å². The van der Waals surface area contributed by atoms with Gasteiger partial charge in [-0.05, 0) is 37.1 Å². The molecule has 90 valence electrons. The van der Waals surface area contributed by atoms with Crippen LogP contribution in [0.5, 0.6) is 0 Å². The molecule has 1 atom stereocenters. The van der Waals surface area contributed by atoms with Crippen molar-refractivity contribution in [2.75, 3.05) is 5.73 Å². The fourth-order valence-corrected chi connectivity index (χ4v) is 1.54. The molecule has 1 unspecified atom stereocenters. The first-order valence-electron chi connectivity index (χ1n) is 5.82. The monoisotopic (exact) mass is 231 g/mol. The molecule has 0 radical (unpaired) electrons. The molecule has 4 nitrogen and oxygen atoms in total. The molecule has 17 heavy (non-hydrogen) atoms. The molecular formula is C13H17N3O. The molecule has 0 aliphatic carbocycles. The number of hydrogen-bond donors (Lipinski definition) is 1. The molecule has 4 heteroatoms. The summed E-state index contributed by atoms with van der Waals surface area (Å²) in [5.74, 6) is 1.64. The number of nitrogens with two attached hydrogens (primary N) is 1. The Bertz CT molecular complexity index is 519. The van der Waals surface area contributed by atoms with Gasteiger partial charge < -0.3 is 10.3 Å².